The summed E-state index contributed by atoms with van der Waals surface area (Å²) in [5.41, 5.74) is 4.63. The fraction of sp³-hybridized carbons (Fsp3) is 0.200. The lowest BCUT2D eigenvalue weighted by atomic mass is 10.0. The molecule has 92 valence electrons. The van der Waals surface area contributed by atoms with Crippen molar-refractivity contribution in [3.05, 3.63) is 40.4 Å². The maximum Gasteiger partial charge on any atom is 0.144 e. The Morgan fingerprint density at radius 3 is 2.61 bits per heavy atom. The van der Waals surface area contributed by atoms with E-state index >= 15 is 0 Å². The number of halogens is 1. The predicted octanol–water partition coefficient (Wildman–Crippen LogP) is 4.60. The van der Waals surface area contributed by atoms with Crippen LogP contribution < -0.4 is 4.74 Å². The third-order valence-corrected chi connectivity index (χ3v) is 3.51. The first kappa shape index (κ1) is 11.4. The Morgan fingerprint density at radius 2 is 1.89 bits per heavy atom. The van der Waals surface area contributed by atoms with Gasteiger partial charge in [0.1, 0.15) is 5.75 Å². The second kappa shape index (κ2) is 3.92. The molecule has 2 nitrogen and oxygen atoms in total. The number of ether oxygens (including phenoxy) is 1. The van der Waals surface area contributed by atoms with Gasteiger partial charge in [-0.25, -0.2) is 0 Å². The van der Waals surface area contributed by atoms with Crippen LogP contribution in [0.15, 0.2) is 24.3 Å². The van der Waals surface area contributed by atoms with Crippen LogP contribution >= 0.6 is 11.6 Å². The van der Waals surface area contributed by atoms with Crippen molar-refractivity contribution >= 4 is 33.4 Å². The summed E-state index contributed by atoms with van der Waals surface area (Å²) in [5, 5.41) is 3.03. The Hall–Kier alpha value is -1.67. The van der Waals surface area contributed by atoms with Crippen LogP contribution in [0.2, 0.25) is 5.02 Å². The van der Waals surface area contributed by atoms with Crippen LogP contribution in [0.5, 0.6) is 5.75 Å². The molecule has 0 aliphatic heterocycles. The molecule has 0 fully saturated rings. The van der Waals surface area contributed by atoms with Crippen LogP contribution in [-0.2, 0) is 0 Å². The molecule has 1 aromatic heterocycles. The second-order valence-electron chi connectivity index (χ2n) is 4.66. The summed E-state index contributed by atoms with van der Waals surface area (Å²) in [4.78, 5) is 3.42. The smallest absolute Gasteiger partial charge is 0.144 e. The summed E-state index contributed by atoms with van der Waals surface area (Å²) in [5.74, 6) is 0.783. The normalized spacial score (nSPS) is 11.3. The molecule has 1 N–H and O–H groups in total. The first-order chi connectivity index (χ1) is 8.60. The molecule has 3 rings (SSSR count). The number of nitrogens with one attached hydrogen (secondary N) is 1. The minimum Gasteiger partial charge on any atom is -0.495 e. The Morgan fingerprint density at radius 1 is 1.11 bits per heavy atom. The molecule has 3 aromatic rings. The zero-order valence-corrected chi connectivity index (χ0v) is 11.4. The third kappa shape index (κ3) is 1.57. The lowest BCUT2D eigenvalue weighted by Crippen LogP contribution is -1.84. The van der Waals surface area contributed by atoms with Gasteiger partial charge in [-0.1, -0.05) is 17.7 Å². The van der Waals surface area contributed by atoms with Gasteiger partial charge >= 0.3 is 0 Å². The van der Waals surface area contributed by atoms with Crippen molar-refractivity contribution in [2.75, 3.05) is 7.11 Å². The van der Waals surface area contributed by atoms with Crippen molar-refractivity contribution in [3.63, 3.8) is 0 Å². The number of aromatic amines is 1. The molecule has 1 heterocycles. The Labute approximate surface area is 111 Å². The molecule has 0 unspecified atom stereocenters. The van der Waals surface area contributed by atoms with Crippen LogP contribution in [0.3, 0.4) is 0 Å². The van der Waals surface area contributed by atoms with Crippen LogP contribution in [0, 0.1) is 13.8 Å². The molecule has 0 spiro atoms. The maximum atomic E-state index is 6.15. The highest BCUT2D eigenvalue weighted by atomic mass is 35.5. The predicted molar refractivity (Wildman–Crippen MR) is 76.8 cm³/mol. The van der Waals surface area contributed by atoms with E-state index in [1.165, 1.54) is 16.5 Å². The van der Waals surface area contributed by atoms with Crippen molar-refractivity contribution in [3.8, 4) is 5.75 Å². The van der Waals surface area contributed by atoms with E-state index < -0.39 is 0 Å². The van der Waals surface area contributed by atoms with Crippen LogP contribution in [0.25, 0.3) is 21.8 Å². The van der Waals surface area contributed by atoms with Crippen LogP contribution in [0.4, 0.5) is 0 Å². The number of hydrogen-bond donors (Lipinski definition) is 1. The molecule has 0 saturated heterocycles. The molecular weight excluding hydrogens is 246 g/mol. The van der Waals surface area contributed by atoms with E-state index in [1.54, 1.807) is 7.11 Å². The summed E-state index contributed by atoms with van der Waals surface area (Å²) in [6.45, 7) is 4.22. The molecule has 0 saturated carbocycles. The van der Waals surface area contributed by atoms with Crippen molar-refractivity contribution in [1.82, 2.24) is 4.98 Å². The summed E-state index contributed by atoms with van der Waals surface area (Å²) in [6, 6.07) is 8.15. The van der Waals surface area contributed by atoms with Gasteiger partial charge in [0.15, 0.2) is 0 Å². The highest BCUT2D eigenvalue weighted by Crippen LogP contribution is 2.36. The average molecular weight is 260 g/mol. The lowest BCUT2D eigenvalue weighted by Gasteiger charge is -2.03. The van der Waals surface area contributed by atoms with Crippen molar-refractivity contribution in [2.45, 2.75) is 13.8 Å². The number of aryl methyl sites for hydroxylation is 2. The summed E-state index contributed by atoms with van der Waals surface area (Å²) in [7, 11) is 1.66. The molecule has 0 aliphatic rings. The molecule has 0 atom stereocenters. The van der Waals surface area contributed by atoms with Gasteiger partial charge in [0.25, 0.3) is 0 Å². The van der Waals surface area contributed by atoms with E-state index in [2.05, 4.69) is 31.0 Å². The molecular formula is C15H14ClNO. The minimum atomic E-state index is 0.695. The zero-order chi connectivity index (χ0) is 12.9. The Balaban J connectivity index is 2.55. The van der Waals surface area contributed by atoms with Gasteiger partial charge < -0.3 is 9.72 Å². The minimum absolute atomic E-state index is 0.695. The van der Waals surface area contributed by atoms with E-state index in [9.17, 15) is 0 Å². The molecule has 0 aliphatic carbocycles. The third-order valence-electron chi connectivity index (χ3n) is 3.30. The number of benzene rings is 2. The highest BCUT2D eigenvalue weighted by Gasteiger charge is 2.12. The van der Waals surface area contributed by atoms with Gasteiger partial charge in [0.2, 0.25) is 0 Å². The molecule has 0 radical (unpaired) electrons. The molecule has 3 heteroatoms. The first-order valence-electron chi connectivity index (χ1n) is 5.86. The maximum absolute atomic E-state index is 6.15. The number of hydrogen-bond acceptors (Lipinski definition) is 1. The average Bonchev–Trinajstić information content (AvgIpc) is 2.65. The summed E-state index contributed by atoms with van der Waals surface area (Å²) >= 11 is 6.15. The quantitative estimate of drug-likeness (QED) is 0.679. The number of H-pyrrole nitrogens is 1. The number of aromatic nitrogens is 1. The standard InChI is InChI=1S/C15H14ClNO/c1-8-4-9(2)14-11-6-10(16)7-13(18-3)15(11)17-12(14)5-8/h4-7,17H,1-3H3. The number of rotatable bonds is 1. The van der Waals surface area contributed by atoms with Crippen LogP contribution in [0.1, 0.15) is 11.1 Å². The van der Waals surface area contributed by atoms with E-state index in [-0.39, 0.29) is 0 Å². The van der Waals surface area contributed by atoms with Gasteiger partial charge in [-0.15, -0.1) is 0 Å². The summed E-state index contributed by atoms with van der Waals surface area (Å²) in [6.07, 6.45) is 0. The van der Waals surface area contributed by atoms with E-state index in [0.717, 1.165) is 22.2 Å². The fourth-order valence-electron chi connectivity index (χ4n) is 2.63. The number of fused-ring (bicyclic) bond motifs is 3. The molecule has 18 heavy (non-hydrogen) atoms. The van der Waals surface area contributed by atoms with E-state index in [4.69, 9.17) is 16.3 Å². The van der Waals surface area contributed by atoms with Gasteiger partial charge in [0, 0.05) is 27.4 Å². The Kier molecular flexibility index (Phi) is 2.49. The van der Waals surface area contributed by atoms with E-state index in [1.807, 2.05) is 12.1 Å². The Bertz CT molecular complexity index is 758. The highest BCUT2D eigenvalue weighted by molar-refractivity contribution is 6.32. The van der Waals surface area contributed by atoms with Crippen molar-refractivity contribution < 1.29 is 4.74 Å². The van der Waals surface area contributed by atoms with Crippen LogP contribution in [-0.4, -0.2) is 12.1 Å². The number of methoxy groups -OCH3 is 1. The largest absolute Gasteiger partial charge is 0.495 e. The SMILES string of the molecule is COc1cc(Cl)cc2c1[nH]c1cc(C)cc(C)c12. The monoisotopic (exact) mass is 259 g/mol. The van der Waals surface area contributed by atoms with Crippen molar-refractivity contribution in [1.29, 1.82) is 0 Å². The van der Waals surface area contributed by atoms with Gasteiger partial charge in [-0.3, -0.25) is 0 Å². The van der Waals surface area contributed by atoms with Gasteiger partial charge in [0.05, 0.1) is 12.6 Å². The fourth-order valence-corrected chi connectivity index (χ4v) is 2.84. The zero-order valence-electron chi connectivity index (χ0n) is 10.6. The second-order valence-corrected chi connectivity index (χ2v) is 5.10. The first-order valence-corrected chi connectivity index (χ1v) is 6.24. The van der Waals surface area contributed by atoms with E-state index in [0.29, 0.717) is 5.02 Å². The lowest BCUT2D eigenvalue weighted by molar-refractivity contribution is 0.419. The topological polar surface area (TPSA) is 25.0 Å². The van der Waals surface area contributed by atoms with Gasteiger partial charge in [-0.2, -0.15) is 0 Å². The molecule has 0 bridgehead atoms. The molecule has 0 amide bonds. The summed E-state index contributed by atoms with van der Waals surface area (Å²) < 4.78 is 5.39. The van der Waals surface area contributed by atoms with Crippen molar-refractivity contribution in [2.24, 2.45) is 0 Å². The van der Waals surface area contributed by atoms with Gasteiger partial charge in [-0.05, 0) is 37.1 Å². The molecule has 2 aromatic carbocycles.